The SMILES string of the molecule is CCNC(=NCc1cccc(C(=O)NCCN(C)C)c1)NC1CCC(SC)C1. The summed E-state index contributed by atoms with van der Waals surface area (Å²) in [4.78, 5) is 19.1. The Balaban J connectivity index is 1.93. The monoisotopic (exact) mass is 405 g/mol. The molecule has 0 saturated heterocycles. The van der Waals surface area contributed by atoms with Crippen LogP contribution in [0.3, 0.4) is 0 Å². The van der Waals surface area contributed by atoms with Crippen molar-refractivity contribution in [2.45, 2.75) is 44.0 Å². The number of hydrogen-bond acceptors (Lipinski definition) is 4. The Labute approximate surface area is 173 Å². The van der Waals surface area contributed by atoms with Crippen LogP contribution in [0.2, 0.25) is 0 Å². The second-order valence-corrected chi connectivity index (χ2v) is 8.60. The topological polar surface area (TPSA) is 68.8 Å². The standard InChI is InChI=1S/C21H35N5OS/c1-5-22-21(25-18-9-10-19(14-18)28-4)24-15-16-7-6-8-17(13-16)20(27)23-11-12-26(2)3/h6-8,13,18-19H,5,9-12,14-15H2,1-4H3,(H,23,27)(H2,22,24,25). The fraction of sp³-hybridized carbons (Fsp3) is 0.619. The maximum Gasteiger partial charge on any atom is 0.251 e. The summed E-state index contributed by atoms with van der Waals surface area (Å²) in [5, 5.41) is 10.6. The lowest BCUT2D eigenvalue weighted by Gasteiger charge is -2.17. The highest BCUT2D eigenvalue weighted by Gasteiger charge is 2.24. The molecule has 6 nitrogen and oxygen atoms in total. The zero-order valence-corrected chi connectivity index (χ0v) is 18.4. The molecule has 2 unspecified atom stereocenters. The van der Waals surface area contributed by atoms with Gasteiger partial charge >= 0.3 is 0 Å². The van der Waals surface area contributed by atoms with Crippen molar-refractivity contribution in [3.05, 3.63) is 35.4 Å². The molecule has 7 heteroatoms. The quantitative estimate of drug-likeness (QED) is 0.435. The zero-order valence-electron chi connectivity index (χ0n) is 17.6. The fourth-order valence-corrected chi connectivity index (χ4v) is 4.07. The predicted molar refractivity (Wildman–Crippen MR) is 120 cm³/mol. The summed E-state index contributed by atoms with van der Waals surface area (Å²) < 4.78 is 0. The first kappa shape index (κ1) is 22.6. The van der Waals surface area contributed by atoms with Gasteiger partial charge in [-0.15, -0.1) is 0 Å². The summed E-state index contributed by atoms with van der Waals surface area (Å²) in [6, 6.07) is 8.21. The highest BCUT2D eigenvalue weighted by Crippen LogP contribution is 2.28. The zero-order chi connectivity index (χ0) is 20.4. The van der Waals surface area contributed by atoms with Gasteiger partial charge in [0.15, 0.2) is 5.96 Å². The molecule has 1 aliphatic rings. The molecule has 1 aromatic carbocycles. The van der Waals surface area contributed by atoms with Gasteiger partial charge in [-0.05, 0) is 64.2 Å². The first-order valence-corrected chi connectivity index (χ1v) is 11.4. The van der Waals surface area contributed by atoms with Gasteiger partial charge in [0.25, 0.3) is 5.91 Å². The van der Waals surface area contributed by atoms with Gasteiger partial charge in [-0.2, -0.15) is 11.8 Å². The van der Waals surface area contributed by atoms with Crippen molar-refractivity contribution >= 4 is 23.6 Å². The second-order valence-electron chi connectivity index (χ2n) is 7.47. The average Bonchev–Trinajstić information content (AvgIpc) is 3.14. The Bertz CT molecular complexity index is 649. The number of hydrogen-bond donors (Lipinski definition) is 3. The van der Waals surface area contributed by atoms with E-state index in [0.717, 1.165) is 29.9 Å². The van der Waals surface area contributed by atoms with E-state index in [1.165, 1.54) is 19.3 Å². The number of rotatable bonds is 9. The van der Waals surface area contributed by atoms with Gasteiger partial charge in [0.1, 0.15) is 0 Å². The van der Waals surface area contributed by atoms with Crippen LogP contribution in [0.1, 0.15) is 42.1 Å². The van der Waals surface area contributed by atoms with E-state index in [1.54, 1.807) is 0 Å². The van der Waals surface area contributed by atoms with Gasteiger partial charge in [0.2, 0.25) is 0 Å². The molecule has 0 aliphatic heterocycles. The minimum Gasteiger partial charge on any atom is -0.357 e. The van der Waals surface area contributed by atoms with Crippen molar-refractivity contribution in [1.29, 1.82) is 0 Å². The van der Waals surface area contributed by atoms with Gasteiger partial charge in [-0.1, -0.05) is 12.1 Å². The maximum atomic E-state index is 12.3. The molecule has 156 valence electrons. The number of carbonyl (C=O) groups is 1. The Morgan fingerprint density at radius 3 is 2.79 bits per heavy atom. The van der Waals surface area contributed by atoms with Gasteiger partial charge in [-0.3, -0.25) is 4.79 Å². The van der Waals surface area contributed by atoms with E-state index < -0.39 is 0 Å². The van der Waals surface area contributed by atoms with Crippen LogP contribution >= 0.6 is 11.8 Å². The van der Waals surface area contributed by atoms with Crippen molar-refractivity contribution in [2.24, 2.45) is 4.99 Å². The number of aliphatic imine (C=N–C) groups is 1. The molecule has 0 spiro atoms. The number of carbonyl (C=O) groups excluding carboxylic acids is 1. The van der Waals surface area contributed by atoms with E-state index in [2.05, 4.69) is 29.1 Å². The first-order chi connectivity index (χ1) is 13.5. The lowest BCUT2D eigenvalue weighted by Crippen LogP contribution is -2.42. The van der Waals surface area contributed by atoms with Crippen LogP contribution in [0.5, 0.6) is 0 Å². The Morgan fingerprint density at radius 2 is 2.11 bits per heavy atom. The lowest BCUT2D eigenvalue weighted by atomic mass is 10.1. The average molecular weight is 406 g/mol. The molecule has 1 amide bonds. The van der Waals surface area contributed by atoms with E-state index in [0.29, 0.717) is 24.7 Å². The molecule has 0 radical (unpaired) electrons. The van der Waals surface area contributed by atoms with Crippen LogP contribution in [0, 0.1) is 0 Å². The van der Waals surface area contributed by atoms with Gasteiger partial charge in [0.05, 0.1) is 6.54 Å². The van der Waals surface area contributed by atoms with Gasteiger partial charge in [-0.25, -0.2) is 4.99 Å². The molecular formula is C21H35N5OS. The number of benzene rings is 1. The normalized spacial score (nSPS) is 19.7. The minimum atomic E-state index is -0.0354. The number of nitrogens with one attached hydrogen (secondary N) is 3. The second kappa shape index (κ2) is 12.0. The Hall–Kier alpha value is -1.73. The van der Waals surface area contributed by atoms with Crippen molar-refractivity contribution in [1.82, 2.24) is 20.9 Å². The molecule has 1 aromatic rings. The van der Waals surface area contributed by atoms with E-state index >= 15 is 0 Å². The fourth-order valence-electron chi connectivity index (χ4n) is 3.28. The first-order valence-electron chi connectivity index (χ1n) is 10.1. The Kier molecular flexibility index (Phi) is 9.64. The molecule has 0 bridgehead atoms. The highest BCUT2D eigenvalue weighted by atomic mass is 32.2. The third-order valence-electron chi connectivity index (χ3n) is 4.86. The maximum absolute atomic E-state index is 12.3. The van der Waals surface area contributed by atoms with Crippen LogP contribution in [-0.2, 0) is 6.54 Å². The summed E-state index contributed by atoms with van der Waals surface area (Å²) in [7, 11) is 3.99. The molecule has 0 aromatic heterocycles. The number of thioether (sulfide) groups is 1. The van der Waals surface area contributed by atoms with E-state index in [1.807, 2.05) is 55.0 Å². The summed E-state index contributed by atoms with van der Waals surface area (Å²) >= 11 is 1.96. The van der Waals surface area contributed by atoms with Gasteiger partial charge < -0.3 is 20.9 Å². The van der Waals surface area contributed by atoms with Crippen molar-refractivity contribution < 1.29 is 4.79 Å². The molecule has 3 N–H and O–H groups in total. The van der Waals surface area contributed by atoms with Crippen LogP contribution in [-0.4, -0.2) is 68.0 Å². The van der Waals surface area contributed by atoms with E-state index in [-0.39, 0.29) is 5.91 Å². The Morgan fingerprint density at radius 1 is 1.29 bits per heavy atom. The molecular weight excluding hydrogens is 370 g/mol. The molecule has 2 atom stereocenters. The molecule has 2 rings (SSSR count). The minimum absolute atomic E-state index is 0.0354. The van der Waals surface area contributed by atoms with Crippen molar-refractivity contribution in [3.8, 4) is 0 Å². The molecule has 1 saturated carbocycles. The largest absolute Gasteiger partial charge is 0.357 e. The third-order valence-corrected chi connectivity index (χ3v) is 5.95. The number of nitrogens with zero attached hydrogens (tertiary/aromatic N) is 2. The summed E-state index contributed by atoms with van der Waals surface area (Å²) in [5.74, 6) is 0.821. The predicted octanol–water partition coefficient (Wildman–Crippen LogP) is 2.32. The molecule has 1 aliphatic carbocycles. The molecule has 1 fully saturated rings. The van der Waals surface area contributed by atoms with Crippen LogP contribution in [0.4, 0.5) is 0 Å². The van der Waals surface area contributed by atoms with Crippen LogP contribution in [0.25, 0.3) is 0 Å². The number of likely N-dealkylation sites (N-methyl/N-ethyl adjacent to an activating group) is 1. The summed E-state index contributed by atoms with van der Waals surface area (Å²) in [6.07, 6.45) is 5.84. The lowest BCUT2D eigenvalue weighted by molar-refractivity contribution is 0.0951. The number of amides is 1. The summed E-state index contributed by atoms with van der Waals surface area (Å²) in [6.45, 7) is 4.92. The van der Waals surface area contributed by atoms with Crippen LogP contribution < -0.4 is 16.0 Å². The highest BCUT2D eigenvalue weighted by molar-refractivity contribution is 7.99. The van der Waals surface area contributed by atoms with Crippen molar-refractivity contribution in [3.63, 3.8) is 0 Å². The summed E-state index contributed by atoms with van der Waals surface area (Å²) in [5.41, 5.74) is 1.72. The van der Waals surface area contributed by atoms with Crippen molar-refractivity contribution in [2.75, 3.05) is 40.0 Å². The smallest absolute Gasteiger partial charge is 0.251 e. The third kappa shape index (κ3) is 7.72. The van der Waals surface area contributed by atoms with E-state index in [4.69, 9.17) is 4.99 Å². The van der Waals surface area contributed by atoms with Crippen LogP contribution in [0.15, 0.2) is 29.3 Å². The van der Waals surface area contributed by atoms with E-state index in [9.17, 15) is 4.79 Å². The van der Waals surface area contributed by atoms with Gasteiger partial charge in [0, 0.05) is 36.5 Å². The molecule has 0 heterocycles. The molecule has 28 heavy (non-hydrogen) atoms. The number of guanidine groups is 1.